The van der Waals surface area contributed by atoms with Gasteiger partial charge in [-0.1, -0.05) is 0 Å². The number of aliphatic hydroxyl groups is 1. The minimum absolute atomic E-state index is 0.0410. The zero-order valence-corrected chi connectivity index (χ0v) is 19.9. The molecule has 4 rings (SSSR count). The molecule has 1 aliphatic heterocycles. The van der Waals surface area contributed by atoms with Crippen LogP contribution in [0.2, 0.25) is 0 Å². The molecule has 0 radical (unpaired) electrons. The molecular weight excluding hydrogens is 540 g/mol. The Morgan fingerprint density at radius 1 is 1.38 bits per heavy atom. The van der Waals surface area contributed by atoms with Crippen LogP contribution < -0.4 is 10.1 Å². The van der Waals surface area contributed by atoms with Crippen molar-refractivity contribution >= 4 is 33.6 Å². The van der Waals surface area contributed by atoms with Crippen molar-refractivity contribution in [3.05, 3.63) is 39.9 Å². The van der Waals surface area contributed by atoms with Crippen LogP contribution in [-0.4, -0.2) is 38.3 Å². The van der Waals surface area contributed by atoms with E-state index in [1.807, 2.05) is 29.5 Å². The summed E-state index contributed by atoms with van der Waals surface area (Å²) in [5.41, 5.74) is -1.28. The summed E-state index contributed by atoms with van der Waals surface area (Å²) in [4.78, 5) is 8.40. The maximum Gasteiger partial charge on any atom is 0.418 e. The summed E-state index contributed by atoms with van der Waals surface area (Å²) in [6.45, 7) is 5.61. The van der Waals surface area contributed by atoms with Crippen LogP contribution in [0, 0.1) is 3.90 Å². The predicted molar refractivity (Wildman–Crippen MR) is 119 cm³/mol. The largest absolute Gasteiger partial charge is 0.492 e. The number of nitrogens with one attached hydrogen (secondary N) is 1. The number of halogens is 4. The lowest BCUT2D eigenvalue weighted by Gasteiger charge is -2.39. The molecule has 0 aliphatic carbocycles. The number of oxazole rings is 1. The smallest absolute Gasteiger partial charge is 0.418 e. The highest BCUT2D eigenvalue weighted by atomic mass is 127. The Labute approximate surface area is 196 Å². The molecule has 3 aromatic rings. The van der Waals surface area contributed by atoms with E-state index in [2.05, 4.69) is 15.3 Å². The van der Waals surface area contributed by atoms with Crippen LogP contribution in [0.15, 0.2) is 29.1 Å². The molecule has 0 amide bonds. The lowest BCUT2D eigenvalue weighted by Crippen LogP contribution is -2.53. The zero-order valence-electron chi connectivity index (χ0n) is 17.8. The first kappa shape index (κ1) is 23.3. The Kier molecular flexibility index (Phi) is 6.18. The molecule has 3 heterocycles. The highest BCUT2D eigenvalue weighted by molar-refractivity contribution is 14.1. The molecule has 11 heteroatoms. The average molecular weight is 564 g/mol. The number of alkyl halides is 3. The van der Waals surface area contributed by atoms with Crippen molar-refractivity contribution in [1.29, 1.82) is 0 Å². The summed E-state index contributed by atoms with van der Waals surface area (Å²) in [6, 6.07) is 2.02. The second-order valence-corrected chi connectivity index (χ2v) is 9.51. The Morgan fingerprint density at radius 3 is 2.75 bits per heavy atom. The van der Waals surface area contributed by atoms with Gasteiger partial charge < -0.3 is 24.1 Å². The molecule has 2 aromatic heterocycles. The van der Waals surface area contributed by atoms with Gasteiger partial charge in [0.1, 0.15) is 29.9 Å². The van der Waals surface area contributed by atoms with Crippen LogP contribution in [0.4, 0.5) is 13.2 Å². The maximum atomic E-state index is 13.8. The van der Waals surface area contributed by atoms with Gasteiger partial charge in [0.25, 0.3) is 3.90 Å². The van der Waals surface area contributed by atoms with Crippen molar-refractivity contribution in [3.8, 4) is 5.75 Å². The van der Waals surface area contributed by atoms with Gasteiger partial charge in [-0.15, -0.1) is 0 Å². The maximum absolute atomic E-state index is 13.8. The first-order valence-corrected chi connectivity index (χ1v) is 11.3. The minimum atomic E-state index is -4.55. The van der Waals surface area contributed by atoms with E-state index in [1.54, 1.807) is 13.8 Å². The van der Waals surface area contributed by atoms with Gasteiger partial charge in [-0.3, -0.25) is 0 Å². The van der Waals surface area contributed by atoms with Crippen LogP contribution in [0.25, 0.3) is 11.0 Å². The second kappa shape index (κ2) is 8.49. The molecule has 32 heavy (non-hydrogen) atoms. The van der Waals surface area contributed by atoms with Gasteiger partial charge in [-0.25, -0.2) is 9.97 Å². The van der Waals surface area contributed by atoms with E-state index in [0.717, 1.165) is 6.07 Å². The predicted octanol–water partition coefficient (Wildman–Crippen LogP) is 4.64. The summed E-state index contributed by atoms with van der Waals surface area (Å²) in [5.74, 6) is 0.0818. The Bertz CT molecular complexity index is 1110. The molecular formula is C21H24F3IN4O3. The van der Waals surface area contributed by atoms with Crippen molar-refractivity contribution in [3.63, 3.8) is 0 Å². The molecule has 3 atom stereocenters. The molecule has 1 fully saturated rings. The van der Waals surface area contributed by atoms with Crippen LogP contribution >= 0.6 is 22.6 Å². The van der Waals surface area contributed by atoms with Gasteiger partial charge in [0.05, 0.1) is 22.9 Å². The highest BCUT2D eigenvalue weighted by Crippen LogP contribution is 2.39. The quantitative estimate of drug-likeness (QED) is 0.440. The normalized spacial score (nSPS) is 24.4. The number of fused-ring (bicyclic) bond motifs is 1. The highest BCUT2D eigenvalue weighted by Gasteiger charge is 2.41. The molecule has 0 spiro atoms. The Morgan fingerprint density at radius 2 is 2.12 bits per heavy atom. The van der Waals surface area contributed by atoms with E-state index in [0.29, 0.717) is 16.0 Å². The summed E-state index contributed by atoms with van der Waals surface area (Å²) in [7, 11) is 0. The third kappa shape index (κ3) is 4.60. The lowest BCUT2D eigenvalue weighted by molar-refractivity contribution is -0.136. The molecule has 2 N–H and O–H groups in total. The fraction of sp³-hybridized carbons (Fsp3) is 0.524. The number of benzene rings is 1. The van der Waals surface area contributed by atoms with E-state index >= 15 is 0 Å². The van der Waals surface area contributed by atoms with E-state index in [-0.39, 0.29) is 47.9 Å². The standard InChI is InChI=1S/C21H24F3IN4O3/c1-11(2)29-10-26-16-5-14(4-15(18(16)29)21(22,23)24)31-8-13-7-20(30,6-12(3)27-13)17-9-32-19(25)28-17/h4-5,9-13,27,30H,6-8H2,1-3H3/t12-,13-,20-/m0/s1. The van der Waals surface area contributed by atoms with E-state index < -0.39 is 17.3 Å². The molecule has 1 aromatic carbocycles. The van der Waals surface area contributed by atoms with Crippen molar-refractivity contribution in [2.45, 2.75) is 63.5 Å². The molecule has 7 nitrogen and oxygen atoms in total. The van der Waals surface area contributed by atoms with E-state index in [1.165, 1.54) is 23.2 Å². The fourth-order valence-electron chi connectivity index (χ4n) is 4.33. The number of aromatic nitrogens is 3. The molecule has 0 bridgehead atoms. The molecule has 1 saturated heterocycles. The van der Waals surface area contributed by atoms with Crippen LogP contribution in [0.3, 0.4) is 0 Å². The average Bonchev–Trinajstić information content (AvgIpc) is 3.31. The molecule has 1 aliphatic rings. The Hall–Kier alpha value is -1.86. The third-order valence-electron chi connectivity index (χ3n) is 5.66. The van der Waals surface area contributed by atoms with Gasteiger partial charge >= 0.3 is 6.18 Å². The van der Waals surface area contributed by atoms with Gasteiger partial charge in [0.2, 0.25) is 0 Å². The topological polar surface area (TPSA) is 85.3 Å². The number of rotatable bonds is 5. The van der Waals surface area contributed by atoms with Crippen LogP contribution in [0.5, 0.6) is 5.75 Å². The minimum Gasteiger partial charge on any atom is -0.492 e. The van der Waals surface area contributed by atoms with Gasteiger partial charge in [0, 0.05) is 53.2 Å². The van der Waals surface area contributed by atoms with Crippen molar-refractivity contribution in [2.24, 2.45) is 0 Å². The molecule has 174 valence electrons. The van der Waals surface area contributed by atoms with Gasteiger partial charge in [-0.2, -0.15) is 13.2 Å². The first-order valence-electron chi connectivity index (χ1n) is 10.3. The van der Waals surface area contributed by atoms with Crippen molar-refractivity contribution < 1.29 is 27.4 Å². The van der Waals surface area contributed by atoms with Crippen molar-refractivity contribution in [1.82, 2.24) is 19.9 Å². The fourth-order valence-corrected chi connectivity index (χ4v) is 4.72. The summed E-state index contributed by atoms with van der Waals surface area (Å²) in [5, 5.41) is 14.5. The van der Waals surface area contributed by atoms with Gasteiger partial charge in [-0.05, 0) is 33.3 Å². The lowest BCUT2D eigenvalue weighted by atomic mass is 9.82. The van der Waals surface area contributed by atoms with Crippen LogP contribution in [0.1, 0.15) is 50.9 Å². The van der Waals surface area contributed by atoms with E-state index in [4.69, 9.17) is 9.15 Å². The summed E-state index contributed by atoms with van der Waals surface area (Å²) >= 11 is 1.93. The number of hydrogen-bond acceptors (Lipinski definition) is 6. The third-order valence-corrected chi connectivity index (χ3v) is 6.15. The van der Waals surface area contributed by atoms with Crippen molar-refractivity contribution in [2.75, 3.05) is 6.61 Å². The second-order valence-electron chi connectivity index (χ2n) is 8.58. The summed E-state index contributed by atoms with van der Waals surface area (Å²) in [6.07, 6.45) is -0.976. The monoisotopic (exact) mass is 564 g/mol. The number of ether oxygens (including phenoxy) is 1. The first-order chi connectivity index (χ1) is 15.0. The number of nitrogens with zero attached hydrogens (tertiary/aromatic N) is 3. The number of piperidine rings is 1. The summed E-state index contributed by atoms with van der Waals surface area (Å²) < 4.78 is 54.3. The Balaban J connectivity index is 1.57. The van der Waals surface area contributed by atoms with Gasteiger partial charge in [0.15, 0.2) is 0 Å². The number of hydrogen-bond donors (Lipinski definition) is 2. The molecule has 0 unspecified atom stereocenters. The molecule has 0 saturated carbocycles. The van der Waals surface area contributed by atoms with E-state index in [9.17, 15) is 18.3 Å². The SMILES string of the molecule is CC(C)n1cnc2cc(OC[C@@H]3C[C@](O)(c4coc(I)n4)C[C@H](C)N3)cc(C(F)(F)F)c21. The zero-order chi connectivity index (χ0) is 23.3. The van der Waals surface area contributed by atoms with Crippen LogP contribution in [-0.2, 0) is 11.8 Å². The number of imidazole rings is 1.